The third kappa shape index (κ3) is 4.08. The maximum Gasteiger partial charge on any atom is 0.226 e. The van der Waals surface area contributed by atoms with Crippen LogP contribution >= 0.6 is 11.3 Å². The van der Waals surface area contributed by atoms with Gasteiger partial charge in [0.15, 0.2) is 0 Å². The van der Waals surface area contributed by atoms with Crippen molar-refractivity contribution in [2.45, 2.75) is 38.6 Å². The summed E-state index contributed by atoms with van der Waals surface area (Å²) in [5, 5.41) is 12.7. The van der Waals surface area contributed by atoms with Crippen molar-refractivity contribution in [2.24, 2.45) is 5.92 Å². The van der Waals surface area contributed by atoms with Gasteiger partial charge in [-0.05, 0) is 58.3 Å². The van der Waals surface area contributed by atoms with E-state index in [0.717, 1.165) is 77.1 Å². The number of ether oxygens (including phenoxy) is 1. The number of benzene rings is 1. The predicted octanol–water partition coefficient (Wildman–Crippen LogP) is 3.98. The number of aromatic nitrogens is 4. The number of aromatic amines is 1. The molecule has 36 heavy (non-hydrogen) atoms. The number of rotatable bonds is 6. The molecule has 9 nitrogen and oxygen atoms in total. The van der Waals surface area contributed by atoms with Crippen molar-refractivity contribution in [3.8, 4) is 5.75 Å². The lowest BCUT2D eigenvalue weighted by Gasteiger charge is -2.27. The molecule has 1 unspecified atom stereocenters. The van der Waals surface area contributed by atoms with Crippen LogP contribution in [-0.2, 0) is 17.6 Å². The Morgan fingerprint density at radius 2 is 2.19 bits per heavy atom. The van der Waals surface area contributed by atoms with Gasteiger partial charge in [-0.2, -0.15) is 5.10 Å². The maximum atomic E-state index is 13.3. The van der Waals surface area contributed by atoms with Crippen LogP contribution in [0.3, 0.4) is 0 Å². The molecule has 3 aromatic heterocycles. The van der Waals surface area contributed by atoms with Crippen LogP contribution in [0.1, 0.15) is 30.2 Å². The van der Waals surface area contributed by atoms with Crippen molar-refractivity contribution in [1.82, 2.24) is 30.0 Å². The van der Waals surface area contributed by atoms with E-state index in [1.165, 1.54) is 10.4 Å². The number of thiophene rings is 1. The van der Waals surface area contributed by atoms with E-state index in [0.29, 0.717) is 18.6 Å². The molecule has 1 amide bonds. The fourth-order valence-electron chi connectivity index (χ4n) is 5.51. The maximum absolute atomic E-state index is 13.3. The monoisotopic (exact) mass is 505 g/mol. The van der Waals surface area contributed by atoms with Gasteiger partial charge in [-0.3, -0.25) is 9.89 Å². The average molecular weight is 506 g/mol. The number of hydrogen-bond acceptors (Lipinski definition) is 8. The van der Waals surface area contributed by atoms with Crippen molar-refractivity contribution in [1.29, 1.82) is 0 Å². The van der Waals surface area contributed by atoms with E-state index in [1.54, 1.807) is 23.9 Å². The van der Waals surface area contributed by atoms with Crippen LogP contribution in [0.15, 0.2) is 24.7 Å². The van der Waals surface area contributed by atoms with E-state index in [1.807, 2.05) is 19.1 Å². The lowest BCUT2D eigenvalue weighted by Crippen LogP contribution is -2.39. The summed E-state index contributed by atoms with van der Waals surface area (Å²) < 4.78 is 5.91. The van der Waals surface area contributed by atoms with Crippen molar-refractivity contribution < 1.29 is 9.53 Å². The number of likely N-dealkylation sites (tertiary alicyclic amines) is 1. The summed E-state index contributed by atoms with van der Waals surface area (Å²) in [5.41, 5.74) is 3.05. The number of carbonyl (C=O) groups is 1. The molecule has 4 heterocycles. The minimum Gasteiger partial charge on any atom is -0.492 e. The standard InChI is InChI=1S/C26H31N7O2S/c1-4-35-21-11-19-16(12-29-31-19)9-20(21)30-24-23-18-6-5-15(10-22(18)36-25(23)28-14-27-24)26(34)33-8-7-17(13-33)32(2)3/h9,11-12,14-15,17H,4-8,10,13H2,1-3H3,(H,29,31)(H,27,28,30)/t15-,17?/m0/s1. The molecular weight excluding hydrogens is 474 g/mol. The van der Waals surface area contributed by atoms with Gasteiger partial charge in [-0.1, -0.05) is 0 Å². The molecule has 2 N–H and O–H groups in total. The van der Waals surface area contributed by atoms with Gasteiger partial charge in [0.2, 0.25) is 5.91 Å². The number of aryl methyl sites for hydroxylation is 1. The summed E-state index contributed by atoms with van der Waals surface area (Å²) in [6.45, 7) is 4.23. The van der Waals surface area contributed by atoms with Gasteiger partial charge in [-0.15, -0.1) is 11.3 Å². The Morgan fingerprint density at radius 1 is 1.31 bits per heavy atom. The molecule has 1 fully saturated rings. The molecule has 10 heteroatoms. The Hall–Kier alpha value is -3.24. The van der Waals surface area contributed by atoms with E-state index in [-0.39, 0.29) is 5.92 Å². The molecule has 0 bridgehead atoms. The molecule has 1 aromatic carbocycles. The van der Waals surface area contributed by atoms with Crippen molar-refractivity contribution in [3.63, 3.8) is 0 Å². The van der Waals surface area contributed by atoms with Crippen LogP contribution < -0.4 is 10.1 Å². The highest BCUT2D eigenvalue weighted by Crippen LogP contribution is 2.42. The van der Waals surface area contributed by atoms with Crippen LogP contribution in [-0.4, -0.2) is 75.7 Å². The summed E-state index contributed by atoms with van der Waals surface area (Å²) in [6.07, 6.45) is 6.97. The molecule has 2 atom stereocenters. The minimum absolute atomic E-state index is 0.0453. The van der Waals surface area contributed by atoms with Crippen LogP contribution in [0.25, 0.3) is 21.1 Å². The van der Waals surface area contributed by atoms with Crippen LogP contribution in [0, 0.1) is 5.92 Å². The van der Waals surface area contributed by atoms with Gasteiger partial charge < -0.3 is 19.9 Å². The lowest BCUT2D eigenvalue weighted by atomic mass is 9.87. The van der Waals surface area contributed by atoms with E-state index in [2.05, 4.69) is 49.4 Å². The molecule has 1 aliphatic carbocycles. The van der Waals surface area contributed by atoms with Gasteiger partial charge in [0, 0.05) is 41.4 Å². The number of carbonyl (C=O) groups excluding carboxylic acids is 1. The smallest absolute Gasteiger partial charge is 0.226 e. The Morgan fingerprint density at radius 3 is 3.00 bits per heavy atom. The molecule has 0 saturated carbocycles. The Labute approximate surface area is 213 Å². The van der Waals surface area contributed by atoms with Gasteiger partial charge >= 0.3 is 0 Å². The minimum atomic E-state index is 0.0453. The van der Waals surface area contributed by atoms with Crippen molar-refractivity contribution in [2.75, 3.05) is 39.1 Å². The topological polar surface area (TPSA) is 99.3 Å². The van der Waals surface area contributed by atoms with E-state index < -0.39 is 0 Å². The number of amides is 1. The number of anilines is 2. The molecule has 0 spiro atoms. The first kappa shape index (κ1) is 23.2. The molecule has 0 radical (unpaired) electrons. The van der Waals surface area contributed by atoms with Crippen molar-refractivity contribution >= 4 is 49.9 Å². The van der Waals surface area contributed by atoms with E-state index in [4.69, 9.17) is 4.74 Å². The normalized spacial score (nSPS) is 19.8. The number of nitrogens with one attached hydrogen (secondary N) is 2. The summed E-state index contributed by atoms with van der Waals surface area (Å²) in [7, 11) is 4.19. The Kier molecular flexibility index (Phi) is 6.00. The summed E-state index contributed by atoms with van der Waals surface area (Å²) >= 11 is 1.70. The van der Waals surface area contributed by atoms with E-state index in [9.17, 15) is 4.79 Å². The fourth-order valence-corrected chi connectivity index (χ4v) is 6.78. The number of fused-ring (bicyclic) bond motifs is 4. The third-order valence-corrected chi connectivity index (χ3v) is 8.66. The number of hydrogen-bond donors (Lipinski definition) is 2. The molecule has 2 aliphatic rings. The predicted molar refractivity (Wildman–Crippen MR) is 142 cm³/mol. The largest absolute Gasteiger partial charge is 0.492 e. The van der Waals surface area contributed by atoms with Crippen LogP contribution in [0.5, 0.6) is 5.75 Å². The SMILES string of the molecule is CCOc1cc2[nH]ncc2cc1Nc1ncnc2sc3c(c12)CC[C@H](C(=O)N1CCC(N(C)C)C1)C3. The lowest BCUT2D eigenvalue weighted by molar-refractivity contribution is -0.134. The first-order chi connectivity index (χ1) is 17.5. The van der Waals surface area contributed by atoms with Gasteiger partial charge in [0.1, 0.15) is 22.7 Å². The van der Waals surface area contributed by atoms with Crippen LogP contribution in [0.2, 0.25) is 0 Å². The fraction of sp³-hybridized carbons (Fsp3) is 0.462. The zero-order valence-electron chi connectivity index (χ0n) is 20.9. The quantitative estimate of drug-likeness (QED) is 0.409. The second-order valence-electron chi connectivity index (χ2n) is 9.90. The highest BCUT2D eigenvalue weighted by atomic mass is 32.1. The summed E-state index contributed by atoms with van der Waals surface area (Å²) in [5.74, 6) is 1.88. The van der Waals surface area contributed by atoms with Gasteiger partial charge in [0.05, 0.1) is 29.4 Å². The Balaban J connectivity index is 1.28. The summed E-state index contributed by atoms with van der Waals surface area (Å²) in [6, 6.07) is 4.46. The average Bonchev–Trinajstić information content (AvgIpc) is 3.61. The third-order valence-electron chi connectivity index (χ3n) is 7.49. The first-order valence-corrected chi connectivity index (χ1v) is 13.4. The highest BCUT2D eigenvalue weighted by molar-refractivity contribution is 7.19. The Bertz CT molecular complexity index is 1430. The second kappa shape index (κ2) is 9.33. The molecule has 188 valence electrons. The number of likely N-dealkylation sites (N-methyl/N-ethyl adjacent to an activating group) is 1. The summed E-state index contributed by atoms with van der Waals surface area (Å²) in [4.78, 5) is 29.1. The van der Waals surface area contributed by atoms with Crippen molar-refractivity contribution in [3.05, 3.63) is 35.1 Å². The highest BCUT2D eigenvalue weighted by Gasteiger charge is 2.35. The molecule has 1 aliphatic heterocycles. The number of nitrogens with zero attached hydrogens (tertiary/aromatic N) is 5. The molecule has 4 aromatic rings. The van der Waals surface area contributed by atoms with Gasteiger partial charge in [-0.25, -0.2) is 9.97 Å². The molecule has 6 rings (SSSR count). The second-order valence-corrected chi connectivity index (χ2v) is 11.0. The zero-order chi connectivity index (χ0) is 24.8. The van der Waals surface area contributed by atoms with Gasteiger partial charge in [0.25, 0.3) is 0 Å². The zero-order valence-corrected chi connectivity index (χ0v) is 21.7. The number of H-pyrrole nitrogens is 1. The van der Waals surface area contributed by atoms with E-state index >= 15 is 0 Å². The molecular formula is C26H31N7O2S. The molecule has 1 saturated heterocycles. The first-order valence-electron chi connectivity index (χ1n) is 12.6. The van der Waals surface area contributed by atoms with Crippen LogP contribution in [0.4, 0.5) is 11.5 Å².